The SMILES string of the molecule is C=Cc1[nH]c2ccc3cc4c(cc3c2c1C=C)c1cccc2c3cc(-c5ccc6c7ccccc7n(-c7cccc(-c8ccccc8)c7)c6c5)ccc3n4c21. The van der Waals surface area contributed by atoms with Crippen LogP contribution in [0.25, 0.3) is 122 Å². The largest absolute Gasteiger partial charge is 0.355 e. The van der Waals surface area contributed by atoms with Crippen molar-refractivity contribution in [1.82, 2.24) is 14.0 Å². The van der Waals surface area contributed by atoms with E-state index < -0.39 is 0 Å². The van der Waals surface area contributed by atoms with Gasteiger partial charge in [-0.25, -0.2) is 0 Å². The summed E-state index contributed by atoms with van der Waals surface area (Å²) in [5.74, 6) is 0. The molecule has 0 saturated heterocycles. The van der Waals surface area contributed by atoms with E-state index in [2.05, 4.69) is 185 Å². The molecule has 0 aliphatic heterocycles. The summed E-state index contributed by atoms with van der Waals surface area (Å²) in [5, 5.41) is 11.2. The molecule has 0 radical (unpaired) electrons. The second-order valence-electron chi connectivity index (χ2n) is 14.7. The highest BCUT2D eigenvalue weighted by atomic mass is 15.0. The number of nitrogens with one attached hydrogen (secondary N) is 1. The van der Waals surface area contributed by atoms with Crippen LogP contribution in [-0.4, -0.2) is 14.0 Å². The fraction of sp³-hybridized carbons (Fsp3) is 0. The number of fused-ring (bicyclic) bond motifs is 12. The van der Waals surface area contributed by atoms with Crippen LogP contribution in [0.15, 0.2) is 171 Å². The molecule has 12 aromatic rings. The van der Waals surface area contributed by atoms with Gasteiger partial charge >= 0.3 is 0 Å². The van der Waals surface area contributed by atoms with E-state index in [0.29, 0.717) is 0 Å². The average Bonchev–Trinajstić information content (AvgIpc) is 3.98. The fourth-order valence-corrected chi connectivity index (χ4v) is 9.48. The first-order valence-corrected chi connectivity index (χ1v) is 18.8. The van der Waals surface area contributed by atoms with Crippen molar-refractivity contribution >= 4 is 93.7 Å². The molecule has 3 heteroatoms. The van der Waals surface area contributed by atoms with Gasteiger partial charge in [0.15, 0.2) is 0 Å². The minimum atomic E-state index is 1.01. The maximum Gasteiger partial charge on any atom is 0.0620 e. The van der Waals surface area contributed by atoms with Crippen LogP contribution in [0.5, 0.6) is 0 Å². The van der Waals surface area contributed by atoms with Crippen LogP contribution < -0.4 is 0 Å². The Morgan fingerprint density at radius 3 is 2.00 bits per heavy atom. The number of aromatic amines is 1. The second kappa shape index (κ2) is 11.1. The molecule has 1 N–H and O–H groups in total. The van der Waals surface area contributed by atoms with E-state index in [1.54, 1.807) is 0 Å². The van der Waals surface area contributed by atoms with Crippen molar-refractivity contribution in [1.29, 1.82) is 0 Å². The van der Waals surface area contributed by atoms with Gasteiger partial charge in [0, 0.05) is 60.2 Å². The zero-order valence-electron chi connectivity index (χ0n) is 30.0. The van der Waals surface area contributed by atoms with Gasteiger partial charge in [-0.2, -0.15) is 0 Å². The van der Waals surface area contributed by atoms with E-state index in [0.717, 1.165) is 22.5 Å². The lowest BCUT2D eigenvalue weighted by Gasteiger charge is -2.11. The topological polar surface area (TPSA) is 25.1 Å². The highest BCUT2D eigenvalue weighted by Crippen LogP contribution is 2.44. The van der Waals surface area contributed by atoms with Crippen molar-refractivity contribution in [3.63, 3.8) is 0 Å². The predicted octanol–water partition coefficient (Wildman–Crippen LogP) is 14.2. The monoisotopic (exact) mass is 699 g/mol. The molecular formula is C52H33N3. The highest BCUT2D eigenvalue weighted by molar-refractivity contribution is 6.26. The molecule has 55 heavy (non-hydrogen) atoms. The third-order valence-corrected chi connectivity index (χ3v) is 11.9. The average molecular weight is 700 g/mol. The van der Waals surface area contributed by atoms with Crippen LogP contribution in [-0.2, 0) is 0 Å². The Balaban J connectivity index is 1.06. The Bertz CT molecular complexity index is 3570. The number of H-pyrrole nitrogens is 1. The van der Waals surface area contributed by atoms with Crippen molar-refractivity contribution in [2.75, 3.05) is 0 Å². The third-order valence-electron chi connectivity index (χ3n) is 11.9. The molecule has 0 aliphatic rings. The number of nitrogens with zero attached hydrogens (tertiary/aromatic N) is 2. The number of aromatic nitrogens is 3. The smallest absolute Gasteiger partial charge is 0.0620 e. The highest BCUT2D eigenvalue weighted by Gasteiger charge is 2.20. The minimum absolute atomic E-state index is 1.01. The Morgan fingerprint density at radius 2 is 1.15 bits per heavy atom. The van der Waals surface area contributed by atoms with Gasteiger partial charge in [-0.3, -0.25) is 0 Å². The zero-order valence-corrected chi connectivity index (χ0v) is 30.0. The summed E-state index contributed by atoms with van der Waals surface area (Å²) in [6.45, 7) is 8.18. The van der Waals surface area contributed by atoms with Crippen molar-refractivity contribution in [3.8, 4) is 27.9 Å². The Hall–Kier alpha value is -7.36. The Labute approximate surface area is 316 Å². The van der Waals surface area contributed by atoms with Crippen molar-refractivity contribution in [2.24, 2.45) is 0 Å². The van der Waals surface area contributed by atoms with Crippen LogP contribution in [0.3, 0.4) is 0 Å². The fourth-order valence-electron chi connectivity index (χ4n) is 9.48. The van der Waals surface area contributed by atoms with Crippen molar-refractivity contribution in [3.05, 3.63) is 182 Å². The summed E-state index contributed by atoms with van der Waals surface area (Å²) >= 11 is 0. The van der Waals surface area contributed by atoms with Crippen LogP contribution in [0, 0.1) is 0 Å². The van der Waals surface area contributed by atoms with E-state index in [4.69, 9.17) is 0 Å². The molecule has 4 aromatic heterocycles. The molecule has 0 unspecified atom stereocenters. The van der Waals surface area contributed by atoms with E-state index in [-0.39, 0.29) is 0 Å². The molecule has 8 aromatic carbocycles. The lowest BCUT2D eigenvalue weighted by atomic mass is 9.98. The van der Waals surface area contributed by atoms with Gasteiger partial charge in [0.1, 0.15) is 0 Å². The van der Waals surface area contributed by atoms with Gasteiger partial charge in [-0.15, -0.1) is 0 Å². The molecule has 0 fully saturated rings. The van der Waals surface area contributed by atoms with Gasteiger partial charge in [0.25, 0.3) is 0 Å². The molecule has 3 nitrogen and oxygen atoms in total. The van der Waals surface area contributed by atoms with Crippen LogP contribution in [0.1, 0.15) is 11.3 Å². The summed E-state index contributed by atoms with van der Waals surface area (Å²) in [6, 6.07) is 58.2. The Kier molecular flexibility index (Phi) is 6.07. The van der Waals surface area contributed by atoms with Crippen molar-refractivity contribution in [2.45, 2.75) is 0 Å². The van der Waals surface area contributed by atoms with Crippen LogP contribution in [0.4, 0.5) is 0 Å². The molecule has 0 amide bonds. The standard InChI is InChI=1S/C52H33N3/c1-3-37-45(4-2)53-46-24-21-35-29-50-44(30-42(35)51(37)46)41-18-11-17-40-43-27-33(22-25-48(43)55(50)52(40)41)34-20-23-39-38-16-8-9-19-47(38)54(49(39)28-34)36-15-10-14-32(26-36)31-12-6-5-7-13-31/h3-30,53H,1-2H2. The summed E-state index contributed by atoms with van der Waals surface area (Å²) in [7, 11) is 0. The molecule has 12 rings (SSSR count). The van der Waals surface area contributed by atoms with E-state index in [1.165, 1.54) is 98.3 Å². The summed E-state index contributed by atoms with van der Waals surface area (Å²) in [5.41, 5.74) is 15.3. The first-order chi connectivity index (χ1) is 27.2. The molecule has 256 valence electrons. The maximum absolute atomic E-state index is 4.14. The first kappa shape index (κ1) is 30.1. The molecule has 0 spiro atoms. The van der Waals surface area contributed by atoms with Crippen LogP contribution in [0.2, 0.25) is 0 Å². The minimum Gasteiger partial charge on any atom is -0.355 e. The number of benzene rings is 8. The quantitative estimate of drug-likeness (QED) is 0.185. The lowest BCUT2D eigenvalue weighted by Crippen LogP contribution is -1.94. The van der Waals surface area contributed by atoms with E-state index in [9.17, 15) is 0 Å². The predicted molar refractivity (Wildman–Crippen MR) is 236 cm³/mol. The molecule has 0 saturated carbocycles. The second-order valence-corrected chi connectivity index (χ2v) is 14.7. The maximum atomic E-state index is 4.14. The molecular weight excluding hydrogens is 667 g/mol. The van der Waals surface area contributed by atoms with Crippen LogP contribution >= 0.6 is 0 Å². The molecule has 0 atom stereocenters. The number of hydrogen-bond acceptors (Lipinski definition) is 0. The molecule has 0 bridgehead atoms. The number of rotatable bonds is 5. The van der Waals surface area contributed by atoms with E-state index >= 15 is 0 Å². The normalized spacial score (nSPS) is 12.1. The number of hydrogen-bond donors (Lipinski definition) is 1. The third kappa shape index (κ3) is 4.10. The summed E-state index contributed by atoms with van der Waals surface area (Å²) in [4.78, 5) is 3.54. The van der Waals surface area contributed by atoms with E-state index in [1.807, 2.05) is 12.2 Å². The van der Waals surface area contributed by atoms with Crippen molar-refractivity contribution < 1.29 is 0 Å². The lowest BCUT2D eigenvalue weighted by molar-refractivity contribution is 1.18. The summed E-state index contributed by atoms with van der Waals surface area (Å²) in [6.07, 6.45) is 3.82. The van der Waals surface area contributed by atoms with Gasteiger partial charge in [-0.1, -0.05) is 122 Å². The molecule has 0 aliphatic carbocycles. The first-order valence-electron chi connectivity index (χ1n) is 18.8. The van der Waals surface area contributed by atoms with Gasteiger partial charge in [0.2, 0.25) is 0 Å². The summed E-state index contributed by atoms with van der Waals surface area (Å²) < 4.78 is 4.90. The number of para-hydroxylation sites is 2. The Morgan fingerprint density at radius 1 is 0.436 bits per heavy atom. The van der Waals surface area contributed by atoms with Gasteiger partial charge in [0.05, 0.1) is 27.6 Å². The molecule has 4 heterocycles. The zero-order chi connectivity index (χ0) is 36.4. The van der Waals surface area contributed by atoms with Gasteiger partial charge in [-0.05, 0) is 93.7 Å². The van der Waals surface area contributed by atoms with Gasteiger partial charge < -0.3 is 14.0 Å².